The minimum Gasteiger partial charge on any atom is -0.594 e. The van der Waals surface area contributed by atoms with Crippen molar-refractivity contribution in [2.45, 2.75) is 0 Å². The van der Waals surface area contributed by atoms with Crippen molar-refractivity contribution in [2.75, 3.05) is 7.11 Å². The SMILES string of the molecule is COc1ccc([N+]([O-])=Nc2ccc(O)cc2)cc1. The Morgan fingerprint density at radius 2 is 1.67 bits per heavy atom. The normalized spacial score (nSPS) is 11.3. The van der Waals surface area contributed by atoms with E-state index < -0.39 is 0 Å². The number of phenols is 1. The number of aromatic hydroxyl groups is 1. The molecule has 5 nitrogen and oxygen atoms in total. The summed E-state index contributed by atoms with van der Waals surface area (Å²) < 4.78 is 5.00. The van der Waals surface area contributed by atoms with Gasteiger partial charge in [0.25, 0.3) is 0 Å². The zero-order valence-electron chi connectivity index (χ0n) is 9.78. The fourth-order valence-electron chi connectivity index (χ4n) is 1.39. The lowest BCUT2D eigenvalue weighted by Gasteiger charge is -2.01. The number of phenolic OH excluding ortho intramolecular Hbond substituents is 1. The molecule has 0 amide bonds. The summed E-state index contributed by atoms with van der Waals surface area (Å²) in [7, 11) is 1.56. The second kappa shape index (κ2) is 5.18. The first-order valence-corrected chi connectivity index (χ1v) is 5.31. The first-order chi connectivity index (χ1) is 8.69. The minimum atomic E-state index is 0.135. The molecule has 2 aromatic carbocycles. The van der Waals surface area contributed by atoms with Crippen LogP contribution in [-0.2, 0) is 0 Å². The Labute approximate surface area is 104 Å². The molecule has 0 radical (unpaired) electrons. The molecule has 92 valence electrons. The second-order valence-electron chi connectivity index (χ2n) is 3.59. The van der Waals surface area contributed by atoms with Crippen molar-refractivity contribution >= 4 is 11.4 Å². The van der Waals surface area contributed by atoms with Gasteiger partial charge in [-0.05, 0) is 36.4 Å². The Morgan fingerprint density at radius 3 is 2.22 bits per heavy atom. The summed E-state index contributed by atoms with van der Waals surface area (Å²) in [5, 5.41) is 24.7. The molecule has 0 atom stereocenters. The molecular weight excluding hydrogens is 232 g/mol. The van der Waals surface area contributed by atoms with Crippen molar-refractivity contribution in [3.05, 3.63) is 53.7 Å². The summed E-state index contributed by atoms with van der Waals surface area (Å²) in [5.74, 6) is 0.813. The lowest BCUT2D eigenvalue weighted by Crippen LogP contribution is -1.90. The number of benzene rings is 2. The van der Waals surface area contributed by atoms with Crippen LogP contribution in [-0.4, -0.2) is 17.1 Å². The summed E-state index contributed by atoms with van der Waals surface area (Å²) in [6.45, 7) is 0. The van der Waals surface area contributed by atoms with Gasteiger partial charge in [0.05, 0.1) is 7.11 Å². The smallest absolute Gasteiger partial charge is 0.245 e. The molecule has 0 aliphatic rings. The largest absolute Gasteiger partial charge is 0.594 e. The molecule has 0 bridgehead atoms. The van der Waals surface area contributed by atoms with Gasteiger partial charge >= 0.3 is 0 Å². The highest BCUT2D eigenvalue weighted by Gasteiger charge is 2.04. The molecule has 0 aliphatic carbocycles. The Morgan fingerprint density at radius 1 is 1.06 bits per heavy atom. The number of rotatable bonds is 3. The van der Waals surface area contributed by atoms with Crippen molar-refractivity contribution in [3.8, 4) is 11.5 Å². The predicted molar refractivity (Wildman–Crippen MR) is 66.5 cm³/mol. The number of methoxy groups -OCH3 is 1. The maximum absolute atomic E-state index is 11.7. The molecule has 2 aromatic rings. The number of hydrogen-bond donors (Lipinski definition) is 1. The van der Waals surface area contributed by atoms with E-state index in [0.717, 1.165) is 0 Å². The van der Waals surface area contributed by atoms with Gasteiger partial charge in [-0.3, -0.25) is 0 Å². The van der Waals surface area contributed by atoms with Crippen LogP contribution in [0.15, 0.2) is 53.6 Å². The molecule has 0 unspecified atom stereocenters. The van der Waals surface area contributed by atoms with Crippen LogP contribution in [0.25, 0.3) is 0 Å². The molecule has 1 N–H and O–H groups in total. The zero-order chi connectivity index (χ0) is 13.0. The summed E-state index contributed by atoms with van der Waals surface area (Å²) in [5.41, 5.74) is 0.877. The third-order valence-electron chi connectivity index (χ3n) is 2.35. The standard InChI is InChI=1S/C13H12N2O3/c1-18-13-8-4-11(5-9-13)15(17)14-10-2-6-12(16)7-3-10/h2-9,16H,1H3. The zero-order valence-corrected chi connectivity index (χ0v) is 9.78. The summed E-state index contributed by atoms with van der Waals surface area (Å²) in [6.07, 6.45) is 0. The van der Waals surface area contributed by atoms with E-state index in [4.69, 9.17) is 9.84 Å². The molecule has 0 aromatic heterocycles. The molecule has 0 saturated carbocycles. The molecule has 0 heterocycles. The molecule has 0 saturated heterocycles. The Kier molecular flexibility index (Phi) is 3.43. The third kappa shape index (κ3) is 2.76. The average molecular weight is 244 g/mol. The fraction of sp³-hybridized carbons (Fsp3) is 0.0769. The van der Waals surface area contributed by atoms with E-state index in [0.29, 0.717) is 22.0 Å². The van der Waals surface area contributed by atoms with E-state index in [2.05, 4.69) is 5.11 Å². The topological polar surface area (TPSA) is 67.9 Å². The van der Waals surface area contributed by atoms with Crippen LogP contribution in [0.4, 0.5) is 11.4 Å². The van der Waals surface area contributed by atoms with Crippen molar-refractivity contribution < 1.29 is 14.7 Å². The molecule has 0 aliphatic heterocycles. The van der Waals surface area contributed by atoms with Crippen LogP contribution in [0.1, 0.15) is 0 Å². The first-order valence-electron chi connectivity index (χ1n) is 5.31. The van der Waals surface area contributed by atoms with Gasteiger partial charge in [0, 0.05) is 17.2 Å². The third-order valence-corrected chi connectivity index (χ3v) is 2.35. The minimum absolute atomic E-state index is 0.135. The number of ether oxygens (including phenoxy) is 1. The Bertz CT molecular complexity index is 547. The van der Waals surface area contributed by atoms with Crippen LogP contribution in [0.5, 0.6) is 11.5 Å². The average Bonchev–Trinajstić information content (AvgIpc) is 2.41. The maximum Gasteiger partial charge on any atom is 0.245 e. The van der Waals surface area contributed by atoms with E-state index in [1.54, 1.807) is 43.5 Å². The molecule has 18 heavy (non-hydrogen) atoms. The van der Waals surface area contributed by atoms with Crippen LogP contribution in [0.2, 0.25) is 0 Å². The Hall–Kier alpha value is -2.56. The van der Waals surface area contributed by atoms with Gasteiger partial charge in [0.1, 0.15) is 17.2 Å². The van der Waals surface area contributed by atoms with E-state index in [9.17, 15) is 5.21 Å². The molecule has 5 heteroatoms. The molecule has 0 fully saturated rings. The maximum atomic E-state index is 11.7. The monoisotopic (exact) mass is 244 g/mol. The lowest BCUT2D eigenvalue weighted by molar-refractivity contribution is -0.435. The first kappa shape index (κ1) is 11.9. The fourth-order valence-corrected chi connectivity index (χ4v) is 1.39. The number of nitrogens with zero attached hydrogens (tertiary/aromatic N) is 2. The van der Waals surface area contributed by atoms with Crippen LogP contribution in [0, 0.1) is 5.21 Å². The van der Waals surface area contributed by atoms with Gasteiger partial charge < -0.3 is 15.1 Å². The highest BCUT2D eigenvalue weighted by Crippen LogP contribution is 2.21. The van der Waals surface area contributed by atoms with Crippen molar-refractivity contribution in [1.29, 1.82) is 0 Å². The second-order valence-corrected chi connectivity index (χ2v) is 3.59. The van der Waals surface area contributed by atoms with Gasteiger partial charge in [0.2, 0.25) is 5.69 Å². The highest BCUT2D eigenvalue weighted by atomic mass is 16.5. The van der Waals surface area contributed by atoms with E-state index in [1.807, 2.05) is 0 Å². The molecular formula is C13H12N2O3. The van der Waals surface area contributed by atoms with E-state index >= 15 is 0 Å². The van der Waals surface area contributed by atoms with Gasteiger partial charge in [-0.1, -0.05) is 4.86 Å². The summed E-state index contributed by atoms with van der Waals surface area (Å²) in [4.78, 5) is 0.520. The predicted octanol–water partition coefficient (Wildman–Crippen LogP) is 3.33. The van der Waals surface area contributed by atoms with E-state index in [1.165, 1.54) is 12.1 Å². The molecule has 2 rings (SSSR count). The number of hydrogen-bond acceptors (Lipinski definition) is 4. The van der Waals surface area contributed by atoms with Crippen LogP contribution < -0.4 is 4.74 Å². The van der Waals surface area contributed by atoms with Gasteiger partial charge in [-0.15, -0.1) is 0 Å². The summed E-state index contributed by atoms with van der Waals surface area (Å²) in [6, 6.07) is 12.7. The lowest BCUT2D eigenvalue weighted by atomic mass is 10.3. The van der Waals surface area contributed by atoms with Crippen LogP contribution in [0.3, 0.4) is 0 Å². The quantitative estimate of drug-likeness (QED) is 0.511. The summed E-state index contributed by atoms with van der Waals surface area (Å²) >= 11 is 0. The highest BCUT2D eigenvalue weighted by molar-refractivity contribution is 5.40. The van der Waals surface area contributed by atoms with Crippen molar-refractivity contribution in [3.63, 3.8) is 0 Å². The molecule has 0 spiro atoms. The van der Waals surface area contributed by atoms with Crippen LogP contribution >= 0.6 is 0 Å². The van der Waals surface area contributed by atoms with Gasteiger partial charge in [0.15, 0.2) is 0 Å². The Balaban J connectivity index is 2.23. The number of azo groups is 1. The van der Waals surface area contributed by atoms with Gasteiger partial charge in [-0.2, -0.15) is 0 Å². The van der Waals surface area contributed by atoms with Gasteiger partial charge in [-0.25, -0.2) is 0 Å². The van der Waals surface area contributed by atoms with E-state index in [-0.39, 0.29) is 5.75 Å². The van der Waals surface area contributed by atoms with Crippen molar-refractivity contribution in [1.82, 2.24) is 0 Å². The van der Waals surface area contributed by atoms with Crippen molar-refractivity contribution in [2.24, 2.45) is 5.11 Å².